The first-order valence-corrected chi connectivity index (χ1v) is 5.86. The number of aromatic nitrogens is 2. The van der Waals surface area contributed by atoms with Gasteiger partial charge in [-0.15, -0.1) is 0 Å². The minimum Gasteiger partial charge on any atom is -0.477 e. The van der Waals surface area contributed by atoms with Crippen molar-refractivity contribution in [2.75, 3.05) is 0 Å². The Labute approximate surface area is 106 Å². The van der Waals surface area contributed by atoms with Crippen LogP contribution in [-0.2, 0) is 7.05 Å². The Kier molecular flexibility index (Phi) is 3.19. The molecule has 0 aliphatic heterocycles. The van der Waals surface area contributed by atoms with Crippen molar-refractivity contribution < 1.29 is 9.90 Å². The van der Waals surface area contributed by atoms with E-state index in [9.17, 15) is 4.79 Å². The number of aryl methyl sites for hydroxylation is 1. The van der Waals surface area contributed by atoms with Gasteiger partial charge in [0.25, 0.3) is 0 Å². The molecule has 2 rings (SSSR count). The van der Waals surface area contributed by atoms with E-state index in [0.29, 0.717) is 11.6 Å². The van der Waals surface area contributed by atoms with Gasteiger partial charge in [0.15, 0.2) is 0 Å². The van der Waals surface area contributed by atoms with Crippen molar-refractivity contribution in [3.05, 3.63) is 41.6 Å². The summed E-state index contributed by atoms with van der Waals surface area (Å²) in [6.45, 7) is 4.25. The van der Waals surface area contributed by atoms with E-state index in [4.69, 9.17) is 5.11 Å². The Hall–Kier alpha value is -2.10. The standard InChI is InChI=1S/C14H16N2O2/c1-9(2)10-5-4-6-11(7-10)12-8-13(14(17)18)16(3)15-12/h4-9H,1-3H3,(H,17,18). The molecule has 0 bridgehead atoms. The molecular formula is C14H16N2O2. The van der Waals surface area contributed by atoms with E-state index in [2.05, 4.69) is 31.1 Å². The molecule has 0 spiro atoms. The Morgan fingerprint density at radius 1 is 1.33 bits per heavy atom. The molecule has 0 amide bonds. The van der Waals surface area contributed by atoms with Crippen LogP contribution < -0.4 is 0 Å². The van der Waals surface area contributed by atoms with Crippen molar-refractivity contribution in [2.24, 2.45) is 7.05 Å². The summed E-state index contributed by atoms with van der Waals surface area (Å²) >= 11 is 0. The Balaban J connectivity index is 2.45. The predicted octanol–water partition coefficient (Wildman–Crippen LogP) is 2.91. The molecule has 4 heteroatoms. The van der Waals surface area contributed by atoms with Crippen molar-refractivity contribution in [1.82, 2.24) is 9.78 Å². The van der Waals surface area contributed by atoms with Crippen molar-refractivity contribution in [1.29, 1.82) is 0 Å². The highest BCUT2D eigenvalue weighted by Gasteiger charge is 2.13. The summed E-state index contributed by atoms with van der Waals surface area (Å²) in [6.07, 6.45) is 0. The van der Waals surface area contributed by atoms with Crippen LogP contribution in [0.5, 0.6) is 0 Å². The van der Waals surface area contributed by atoms with Gasteiger partial charge in [-0.1, -0.05) is 32.0 Å². The lowest BCUT2D eigenvalue weighted by atomic mass is 10.00. The van der Waals surface area contributed by atoms with Gasteiger partial charge in [0.2, 0.25) is 0 Å². The molecule has 0 saturated heterocycles. The molecule has 18 heavy (non-hydrogen) atoms. The first-order valence-electron chi connectivity index (χ1n) is 5.86. The third-order valence-corrected chi connectivity index (χ3v) is 2.95. The monoisotopic (exact) mass is 244 g/mol. The van der Waals surface area contributed by atoms with Gasteiger partial charge in [0, 0.05) is 12.6 Å². The van der Waals surface area contributed by atoms with E-state index in [1.807, 2.05) is 12.1 Å². The summed E-state index contributed by atoms with van der Waals surface area (Å²) in [5, 5.41) is 13.2. The number of carbonyl (C=O) groups is 1. The normalized spacial score (nSPS) is 10.9. The topological polar surface area (TPSA) is 55.1 Å². The van der Waals surface area contributed by atoms with E-state index in [-0.39, 0.29) is 5.69 Å². The molecule has 1 heterocycles. The fraction of sp³-hybridized carbons (Fsp3) is 0.286. The van der Waals surface area contributed by atoms with Gasteiger partial charge in [-0.2, -0.15) is 5.10 Å². The van der Waals surface area contributed by atoms with Gasteiger partial charge in [0.05, 0.1) is 5.69 Å². The number of carboxylic acids is 1. The SMILES string of the molecule is CC(C)c1cccc(-c2cc(C(=O)O)n(C)n2)c1. The number of rotatable bonds is 3. The highest BCUT2D eigenvalue weighted by Crippen LogP contribution is 2.23. The van der Waals surface area contributed by atoms with Crippen molar-refractivity contribution in [3.63, 3.8) is 0 Å². The summed E-state index contributed by atoms with van der Waals surface area (Å²) in [6, 6.07) is 9.63. The Morgan fingerprint density at radius 2 is 2.06 bits per heavy atom. The van der Waals surface area contributed by atoms with E-state index in [1.54, 1.807) is 13.1 Å². The molecular weight excluding hydrogens is 228 g/mol. The molecule has 1 aromatic carbocycles. The largest absolute Gasteiger partial charge is 0.477 e. The van der Waals surface area contributed by atoms with Gasteiger partial charge in [0.1, 0.15) is 5.69 Å². The van der Waals surface area contributed by atoms with Crippen molar-refractivity contribution >= 4 is 5.97 Å². The molecule has 1 aromatic heterocycles. The van der Waals surface area contributed by atoms with Gasteiger partial charge in [-0.25, -0.2) is 4.79 Å². The first kappa shape index (κ1) is 12.4. The Bertz CT molecular complexity index is 585. The van der Waals surface area contributed by atoms with Crippen LogP contribution in [0.15, 0.2) is 30.3 Å². The molecule has 4 nitrogen and oxygen atoms in total. The van der Waals surface area contributed by atoms with Crippen molar-refractivity contribution in [2.45, 2.75) is 19.8 Å². The van der Waals surface area contributed by atoms with Crippen LogP contribution in [0.3, 0.4) is 0 Å². The molecule has 0 radical (unpaired) electrons. The van der Waals surface area contributed by atoms with Crippen LogP contribution in [0.25, 0.3) is 11.3 Å². The lowest BCUT2D eigenvalue weighted by Crippen LogP contribution is -2.04. The zero-order chi connectivity index (χ0) is 13.3. The fourth-order valence-electron chi connectivity index (χ4n) is 1.87. The number of aromatic carboxylic acids is 1. The molecule has 0 aliphatic carbocycles. The van der Waals surface area contributed by atoms with Crippen LogP contribution in [0.1, 0.15) is 35.8 Å². The summed E-state index contributed by atoms with van der Waals surface area (Å²) in [5.74, 6) is -0.524. The first-order chi connectivity index (χ1) is 8.49. The van der Waals surface area contributed by atoms with Crippen LogP contribution in [0.4, 0.5) is 0 Å². The highest BCUT2D eigenvalue weighted by molar-refractivity contribution is 5.87. The minimum atomic E-state index is -0.962. The lowest BCUT2D eigenvalue weighted by molar-refractivity contribution is 0.0685. The third-order valence-electron chi connectivity index (χ3n) is 2.95. The van der Waals surface area contributed by atoms with Crippen LogP contribution in [0, 0.1) is 0 Å². The fourth-order valence-corrected chi connectivity index (χ4v) is 1.87. The number of hydrogen-bond donors (Lipinski definition) is 1. The maximum atomic E-state index is 11.0. The van der Waals surface area contributed by atoms with Crippen molar-refractivity contribution in [3.8, 4) is 11.3 Å². The molecule has 0 aliphatic rings. The lowest BCUT2D eigenvalue weighted by Gasteiger charge is -2.06. The van der Waals surface area contributed by atoms with E-state index >= 15 is 0 Å². The summed E-state index contributed by atoms with van der Waals surface area (Å²) in [7, 11) is 1.64. The zero-order valence-corrected chi connectivity index (χ0v) is 10.7. The zero-order valence-electron chi connectivity index (χ0n) is 10.7. The molecule has 0 unspecified atom stereocenters. The quantitative estimate of drug-likeness (QED) is 0.903. The molecule has 0 atom stereocenters. The second-order valence-corrected chi connectivity index (χ2v) is 4.62. The summed E-state index contributed by atoms with van der Waals surface area (Å²) < 4.78 is 1.39. The Morgan fingerprint density at radius 3 is 2.61 bits per heavy atom. The van der Waals surface area contributed by atoms with Crippen LogP contribution >= 0.6 is 0 Å². The molecule has 94 valence electrons. The number of nitrogens with zero attached hydrogens (tertiary/aromatic N) is 2. The van der Waals surface area contributed by atoms with E-state index in [0.717, 1.165) is 5.56 Å². The van der Waals surface area contributed by atoms with Gasteiger partial charge in [-0.05, 0) is 23.6 Å². The number of benzene rings is 1. The van der Waals surface area contributed by atoms with E-state index in [1.165, 1.54) is 10.2 Å². The second-order valence-electron chi connectivity index (χ2n) is 4.62. The third kappa shape index (κ3) is 2.27. The van der Waals surface area contributed by atoms with Gasteiger partial charge < -0.3 is 5.11 Å². The summed E-state index contributed by atoms with van der Waals surface area (Å²) in [5.41, 5.74) is 3.05. The second kappa shape index (κ2) is 4.64. The molecule has 2 aromatic rings. The average Bonchev–Trinajstić information content (AvgIpc) is 2.71. The molecule has 1 N–H and O–H groups in total. The summed E-state index contributed by atoms with van der Waals surface area (Å²) in [4.78, 5) is 11.0. The van der Waals surface area contributed by atoms with E-state index < -0.39 is 5.97 Å². The van der Waals surface area contributed by atoms with Crippen LogP contribution in [0.2, 0.25) is 0 Å². The number of carboxylic acid groups (broad SMARTS) is 1. The number of hydrogen-bond acceptors (Lipinski definition) is 2. The van der Waals surface area contributed by atoms with Crippen LogP contribution in [-0.4, -0.2) is 20.9 Å². The van der Waals surface area contributed by atoms with Gasteiger partial charge >= 0.3 is 5.97 Å². The predicted molar refractivity (Wildman–Crippen MR) is 69.7 cm³/mol. The molecule has 0 fully saturated rings. The van der Waals surface area contributed by atoms with Gasteiger partial charge in [-0.3, -0.25) is 4.68 Å². The maximum Gasteiger partial charge on any atom is 0.354 e. The maximum absolute atomic E-state index is 11.0. The smallest absolute Gasteiger partial charge is 0.354 e. The average molecular weight is 244 g/mol. The molecule has 0 saturated carbocycles. The minimum absolute atomic E-state index is 0.194. The highest BCUT2D eigenvalue weighted by atomic mass is 16.4.